The van der Waals surface area contributed by atoms with Gasteiger partial charge in [0, 0.05) is 0 Å². The molecule has 0 saturated heterocycles. The van der Waals surface area contributed by atoms with E-state index in [0.29, 0.717) is 0 Å². The number of hydrogen-bond donors (Lipinski definition) is 0. The van der Waals surface area contributed by atoms with Crippen molar-refractivity contribution < 1.29 is 4.39 Å². The van der Waals surface area contributed by atoms with E-state index < -0.39 is 6.17 Å². The SMILES string of the molecule is F[C@H]1CC[C@@H]2CCCC[C@H]2C1. The van der Waals surface area contributed by atoms with Crippen LogP contribution in [0.15, 0.2) is 0 Å². The van der Waals surface area contributed by atoms with Crippen LogP contribution in [-0.2, 0) is 0 Å². The van der Waals surface area contributed by atoms with Gasteiger partial charge in [0.2, 0.25) is 0 Å². The van der Waals surface area contributed by atoms with E-state index in [2.05, 4.69) is 0 Å². The normalized spacial score (nSPS) is 45.0. The van der Waals surface area contributed by atoms with Gasteiger partial charge in [0.15, 0.2) is 0 Å². The second-order valence-electron chi connectivity index (χ2n) is 4.21. The second-order valence-corrected chi connectivity index (χ2v) is 4.21. The molecular formula is C10H17F. The van der Waals surface area contributed by atoms with Crippen LogP contribution in [0, 0.1) is 11.8 Å². The van der Waals surface area contributed by atoms with Crippen LogP contribution in [0.5, 0.6) is 0 Å². The van der Waals surface area contributed by atoms with E-state index in [0.717, 1.165) is 24.7 Å². The Hall–Kier alpha value is -0.0700. The molecule has 0 aromatic rings. The van der Waals surface area contributed by atoms with E-state index in [1.165, 1.54) is 32.1 Å². The van der Waals surface area contributed by atoms with E-state index in [1.54, 1.807) is 0 Å². The Morgan fingerprint density at radius 2 is 1.55 bits per heavy atom. The van der Waals surface area contributed by atoms with E-state index in [4.69, 9.17) is 0 Å². The zero-order chi connectivity index (χ0) is 7.68. The highest BCUT2D eigenvalue weighted by Gasteiger charge is 2.31. The molecule has 0 aromatic heterocycles. The molecule has 0 aliphatic heterocycles. The summed E-state index contributed by atoms with van der Waals surface area (Å²) in [7, 11) is 0. The summed E-state index contributed by atoms with van der Waals surface area (Å²) in [5.41, 5.74) is 0. The fourth-order valence-corrected chi connectivity index (χ4v) is 2.82. The van der Waals surface area contributed by atoms with Crippen LogP contribution in [-0.4, -0.2) is 6.17 Å². The molecule has 0 bridgehead atoms. The highest BCUT2D eigenvalue weighted by atomic mass is 19.1. The van der Waals surface area contributed by atoms with Crippen LogP contribution in [0.3, 0.4) is 0 Å². The van der Waals surface area contributed by atoms with Crippen molar-refractivity contribution in [2.24, 2.45) is 11.8 Å². The Kier molecular flexibility index (Phi) is 2.15. The quantitative estimate of drug-likeness (QED) is 0.504. The minimum atomic E-state index is -0.464. The summed E-state index contributed by atoms with van der Waals surface area (Å²) in [6.45, 7) is 0. The van der Waals surface area contributed by atoms with Crippen molar-refractivity contribution >= 4 is 0 Å². The lowest BCUT2D eigenvalue weighted by atomic mass is 9.70. The van der Waals surface area contributed by atoms with Crippen LogP contribution in [0.1, 0.15) is 44.9 Å². The summed E-state index contributed by atoms with van der Waals surface area (Å²) >= 11 is 0. The van der Waals surface area contributed by atoms with E-state index in [-0.39, 0.29) is 0 Å². The molecule has 0 heterocycles. The third kappa shape index (κ3) is 1.57. The molecular weight excluding hydrogens is 139 g/mol. The largest absolute Gasteiger partial charge is 0.247 e. The molecule has 2 saturated carbocycles. The molecule has 0 spiro atoms. The van der Waals surface area contributed by atoms with Crippen LogP contribution in [0.2, 0.25) is 0 Å². The average Bonchev–Trinajstić information content (AvgIpc) is 2.04. The summed E-state index contributed by atoms with van der Waals surface area (Å²) < 4.78 is 13.0. The fraction of sp³-hybridized carbons (Fsp3) is 1.00. The fourth-order valence-electron chi connectivity index (χ4n) is 2.82. The van der Waals surface area contributed by atoms with E-state index >= 15 is 0 Å². The molecule has 0 nitrogen and oxygen atoms in total. The Balaban J connectivity index is 1.93. The predicted molar refractivity (Wildman–Crippen MR) is 44.2 cm³/mol. The molecule has 2 aliphatic rings. The standard InChI is InChI=1S/C10H17F/c11-10-6-5-8-3-1-2-4-9(8)7-10/h8-10H,1-7H2/t8-,9-,10-/m0/s1. The molecule has 0 N–H and O–H groups in total. The molecule has 2 rings (SSSR count). The minimum absolute atomic E-state index is 0.464. The lowest BCUT2D eigenvalue weighted by Gasteiger charge is -2.36. The number of halogens is 1. The molecule has 0 unspecified atom stereocenters. The third-order valence-corrected chi connectivity index (χ3v) is 3.48. The number of fused-ring (bicyclic) bond motifs is 1. The molecule has 3 atom stereocenters. The summed E-state index contributed by atoms with van der Waals surface area (Å²) in [5.74, 6) is 1.66. The lowest BCUT2D eigenvalue weighted by molar-refractivity contribution is 0.104. The van der Waals surface area contributed by atoms with Gasteiger partial charge in [-0.15, -0.1) is 0 Å². The first-order chi connectivity index (χ1) is 5.36. The van der Waals surface area contributed by atoms with Gasteiger partial charge in [-0.3, -0.25) is 0 Å². The van der Waals surface area contributed by atoms with Crippen molar-refractivity contribution in [1.29, 1.82) is 0 Å². The van der Waals surface area contributed by atoms with E-state index in [1.807, 2.05) is 0 Å². The van der Waals surface area contributed by atoms with Gasteiger partial charge in [0.05, 0.1) is 0 Å². The zero-order valence-electron chi connectivity index (χ0n) is 7.06. The van der Waals surface area contributed by atoms with Gasteiger partial charge < -0.3 is 0 Å². The third-order valence-electron chi connectivity index (χ3n) is 3.48. The topological polar surface area (TPSA) is 0 Å². The maximum absolute atomic E-state index is 13.0. The van der Waals surface area contributed by atoms with Crippen LogP contribution < -0.4 is 0 Å². The molecule has 0 aromatic carbocycles. The molecule has 1 heteroatoms. The molecule has 0 radical (unpaired) electrons. The van der Waals surface area contributed by atoms with Crippen molar-refractivity contribution in [2.75, 3.05) is 0 Å². The van der Waals surface area contributed by atoms with Crippen molar-refractivity contribution in [2.45, 2.75) is 51.1 Å². The van der Waals surface area contributed by atoms with Crippen molar-refractivity contribution in [3.05, 3.63) is 0 Å². The van der Waals surface area contributed by atoms with Gasteiger partial charge in [0.25, 0.3) is 0 Å². The first kappa shape index (κ1) is 7.57. The predicted octanol–water partition coefficient (Wildman–Crippen LogP) is 3.31. The van der Waals surface area contributed by atoms with Gasteiger partial charge in [0.1, 0.15) is 6.17 Å². The molecule has 64 valence electrons. The maximum Gasteiger partial charge on any atom is 0.100 e. The van der Waals surface area contributed by atoms with Gasteiger partial charge in [-0.25, -0.2) is 4.39 Å². The van der Waals surface area contributed by atoms with Gasteiger partial charge >= 0.3 is 0 Å². The summed E-state index contributed by atoms with van der Waals surface area (Å²) in [6, 6.07) is 0. The van der Waals surface area contributed by atoms with Gasteiger partial charge in [-0.05, 0) is 31.1 Å². The summed E-state index contributed by atoms with van der Waals surface area (Å²) in [5, 5.41) is 0. The molecule has 2 fully saturated rings. The highest BCUT2D eigenvalue weighted by Crippen LogP contribution is 2.41. The monoisotopic (exact) mass is 156 g/mol. The van der Waals surface area contributed by atoms with Crippen molar-refractivity contribution in [3.63, 3.8) is 0 Å². The zero-order valence-corrected chi connectivity index (χ0v) is 7.06. The van der Waals surface area contributed by atoms with Crippen LogP contribution in [0.4, 0.5) is 4.39 Å². The minimum Gasteiger partial charge on any atom is -0.247 e. The smallest absolute Gasteiger partial charge is 0.100 e. The maximum atomic E-state index is 13.0. The Bertz CT molecular complexity index is 133. The Morgan fingerprint density at radius 3 is 2.36 bits per heavy atom. The molecule has 2 aliphatic carbocycles. The van der Waals surface area contributed by atoms with Crippen LogP contribution >= 0.6 is 0 Å². The number of hydrogen-bond acceptors (Lipinski definition) is 0. The Morgan fingerprint density at radius 1 is 0.818 bits per heavy atom. The van der Waals surface area contributed by atoms with Crippen LogP contribution in [0.25, 0.3) is 0 Å². The second kappa shape index (κ2) is 3.12. The molecule has 11 heavy (non-hydrogen) atoms. The van der Waals surface area contributed by atoms with E-state index in [9.17, 15) is 4.39 Å². The first-order valence-electron chi connectivity index (χ1n) is 5.00. The molecule has 0 amide bonds. The van der Waals surface area contributed by atoms with Crippen molar-refractivity contribution in [3.8, 4) is 0 Å². The van der Waals surface area contributed by atoms with Crippen molar-refractivity contribution in [1.82, 2.24) is 0 Å². The summed E-state index contributed by atoms with van der Waals surface area (Å²) in [4.78, 5) is 0. The number of alkyl halides is 1. The van der Waals surface area contributed by atoms with Gasteiger partial charge in [-0.1, -0.05) is 25.7 Å². The number of rotatable bonds is 0. The highest BCUT2D eigenvalue weighted by molar-refractivity contribution is 4.82. The lowest BCUT2D eigenvalue weighted by Crippen LogP contribution is -2.28. The van der Waals surface area contributed by atoms with Gasteiger partial charge in [-0.2, -0.15) is 0 Å². The first-order valence-corrected chi connectivity index (χ1v) is 5.00. The summed E-state index contributed by atoms with van der Waals surface area (Å²) in [6.07, 6.45) is 7.89. The Labute approximate surface area is 68.2 Å². The average molecular weight is 156 g/mol.